The molecule has 5 atom stereocenters. The van der Waals surface area contributed by atoms with Crippen molar-refractivity contribution in [3.8, 4) is 28.7 Å². The molecule has 4 aliphatic carbocycles. The highest BCUT2D eigenvalue weighted by Crippen LogP contribution is 2.53. The van der Waals surface area contributed by atoms with Gasteiger partial charge in [0.25, 0.3) is 0 Å². The van der Waals surface area contributed by atoms with Gasteiger partial charge in [0.05, 0.1) is 12.0 Å². The van der Waals surface area contributed by atoms with Gasteiger partial charge in [-0.25, -0.2) is 0 Å². The minimum Gasteiger partial charge on any atom is -0.313 e. The predicted molar refractivity (Wildman–Crippen MR) is 231 cm³/mol. The van der Waals surface area contributed by atoms with Crippen molar-refractivity contribution in [2.45, 2.75) is 48.4 Å². The summed E-state index contributed by atoms with van der Waals surface area (Å²) < 4.78 is 2.68. The third-order valence-corrected chi connectivity index (χ3v) is 13.7. The number of para-hydroxylation sites is 1. The van der Waals surface area contributed by atoms with Crippen LogP contribution >= 0.6 is 11.8 Å². The van der Waals surface area contributed by atoms with Crippen LogP contribution in [0.3, 0.4) is 0 Å². The van der Waals surface area contributed by atoms with Gasteiger partial charge in [-0.1, -0.05) is 139 Å². The third kappa shape index (κ3) is 4.96. The first-order valence-electron chi connectivity index (χ1n) is 19.3. The van der Waals surface area contributed by atoms with E-state index in [9.17, 15) is 0 Å². The molecule has 5 aromatic rings. The van der Waals surface area contributed by atoms with Crippen LogP contribution in [0.1, 0.15) is 40.3 Å². The van der Waals surface area contributed by atoms with Crippen LogP contribution in [-0.2, 0) is 0 Å². The Morgan fingerprint density at radius 3 is 2.56 bits per heavy atom. The molecule has 0 bridgehead atoms. The number of allylic oxidation sites excluding steroid dienone is 9. The first-order valence-corrected chi connectivity index (χ1v) is 20.2. The van der Waals surface area contributed by atoms with Gasteiger partial charge in [-0.05, 0) is 100 Å². The molecule has 0 spiro atoms. The normalized spacial score (nSPS) is 23.7. The summed E-state index contributed by atoms with van der Waals surface area (Å²) in [4.78, 5) is 1.45. The summed E-state index contributed by atoms with van der Waals surface area (Å²) in [6.45, 7) is 4.52. The number of nitrogens with zero attached hydrogens (tertiary/aromatic N) is 1. The first kappa shape index (κ1) is 32.0. The Labute approximate surface area is 322 Å². The van der Waals surface area contributed by atoms with Crippen LogP contribution in [0.2, 0.25) is 0 Å². The molecule has 4 aromatic carbocycles. The molecule has 258 valence electrons. The lowest BCUT2D eigenvalue weighted by molar-refractivity contribution is 0.491. The number of nitrogens with one attached hydrogen (secondary N) is 1. The lowest BCUT2D eigenvalue weighted by Gasteiger charge is -2.36. The van der Waals surface area contributed by atoms with Crippen molar-refractivity contribution in [3.63, 3.8) is 0 Å². The van der Waals surface area contributed by atoms with E-state index < -0.39 is 0 Å². The highest BCUT2D eigenvalue weighted by molar-refractivity contribution is 8.00. The van der Waals surface area contributed by atoms with E-state index in [0.29, 0.717) is 11.2 Å². The fourth-order valence-electron chi connectivity index (χ4n) is 9.83. The Bertz CT molecular complexity index is 2700. The van der Waals surface area contributed by atoms with Gasteiger partial charge in [-0.15, -0.1) is 11.8 Å². The topological polar surface area (TPSA) is 17.0 Å². The van der Waals surface area contributed by atoms with Crippen LogP contribution in [0.5, 0.6) is 0 Å². The smallest absolute Gasteiger partial charge is 0.198 e. The van der Waals surface area contributed by atoms with Gasteiger partial charge >= 0.3 is 0 Å². The second-order valence-electron chi connectivity index (χ2n) is 15.5. The molecule has 2 nitrogen and oxygen atoms in total. The highest BCUT2D eigenvalue weighted by atomic mass is 32.2. The van der Waals surface area contributed by atoms with Crippen LogP contribution in [-0.4, -0.2) is 29.2 Å². The van der Waals surface area contributed by atoms with Gasteiger partial charge < -0.3 is 9.88 Å². The lowest BCUT2D eigenvalue weighted by atomic mass is 9.58. The van der Waals surface area contributed by atoms with Crippen molar-refractivity contribution in [2.24, 2.45) is 5.92 Å². The van der Waals surface area contributed by atoms with E-state index in [1.54, 1.807) is 0 Å². The van der Waals surface area contributed by atoms with E-state index in [4.69, 9.17) is 0 Å². The summed E-state index contributed by atoms with van der Waals surface area (Å²) in [7, 11) is 0.899. The van der Waals surface area contributed by atoms with Crippen molar-refractivity contribution in [1.29, 1.82) is 0 Å². The van der Waals surface area contributed by atoms with E-state index in [2.05, 4.69) is 175 Å². The average Bonchev–Trinajstić information content (AvgIpc) is 3.75. The predicted octanol–water partition coefficient (Wildman–Crippen LogP) is 9.18. The van der Waals surface area contributed by atoms with Gasteiger partial charge in [0, 0.05) is 44.4 Å². The standard InChI is InChI=1S/C50H39BN2S/c1-30-12-10-13-31(2)45(30)35-28-41(46-43(29-35)53-48-40(19-11-20-42(48)51-46)50-49(53)39-18-8-9-21-44(39)54-50)38-27-24-34-16-6-7-17-37(34)47(38)52-36-25-22-33(23-26-36)32-14-4-3-5-15-32/h3-6,8-16,18-25,27-29,36-37,39,44,47,51-52H,26H2,1-2H3. The molecule has 2 aliphatic heterocycles. The molecule has 0 amide bonds. The summed E-state index contributed by atoms with van der Waals surface area (Å²) in [5.41, 5.74) is 18.7. The maximum atomic E-state index is 4.18. The summed E-state index contributed by atoms with van der Waals surface area (Å²) in [5, 5.41) is 6.00. The van der Waals surface area contributed by atoms with Crippen molar-refractivity contribution < 1.29 is 0 Å². The van der Waals surface area contributed by atoms with E-state index in [1.807, 2.05) is 17.8 Å². The van der Waals surface area contributed by atoms with Crippen LogP contribution in [0.15, 0.2) is 156 Å². The molecule has 0 fully saturated rings. The Kier molecular flexibility index (Phi) is 7.44. The van der Waals surface area contributed by atoms with Crippen molar-refractivity contribution in [3.05, 3.63) is 179 Å². The van der Waals surface area contributed by atoms with E-state index in [0.717, 1.165) is 13.7 Å². The molecule has 4 heteroatoms. The maximum Gasteiger partial charge on any atom is 0.198 e. The Morgan fingerprint density at radius 2 is 1.70 bits per heavy atom. The van der Waals surface area contributed by atoms with Crippen LogP contribution in [0.4, 0.5) is 0 Å². The number of fused-ring (bicyclic) bond motifs is 8. The fourth-order valence-corrected chi connectivity index (χ4v) is 11.3. The largest absolute Gasteiger partial charge is 0.313 e. The van der Waals surface area contributed by atoms with E-state index in [-0.39, 0.29) is 18.0 Å². The summed E-state index contributed by atoms with van der Waals surface area (Å²) in [5.74, 6) is 7.43. The minimum atomic E-state index is 0.0278. The van der Waals surface area contributed by atoms with Gasteiger partial charge in [0.1, 0.15) is 0 Å². The molecule has 54 heavy (non-hydrogen) atoms. The zero-order chi connectivity index (χ0) is 35.9. The average molecular weight is 711 g/mol. The zero-order valence-electron chi connectivity index (χ0n) is 30.5. The lowest BCUT2D eigenvalue weighted by Crippen LogP contribution is -2.46. The molecule has 6 aliphatic rings. The SMILES string of the molecule is Cc1cccc(C)c1-c1cc(C2=CC=C3C=CC#CC3C2NC2C=CC(c3ccccc3)=CC2)c2c(c1)-n1c3c(c4cccc(c41)B2)SC1C=CC=CC31. The number of hydrogen-bond donors (Lipinski definition) is 1. The second-order valence-corrected chi connectivity index (χ2v) is 16.7. The summed E-state index contributed by atoms with van der Waals surface area (Å²) >= 11 is 2.04. The quantitative estimate of drug-likeness (QED) is 0.142. The fraction of sp³-hybridized carbons (Fsp3) is 0.160. The molecule has 3 heterocycles. The molecule has 1 N–H and O–H groups in total. The van der Waals surface area contributed by atoms with Crippen LogP contribution < -0.4 is 16.2 Å². The first-order chi connectivity index (χ1) is 26.6. The Balaban J connectivity index is 1.11. The third-order valence-electron chi connectivity index (χ3n) is 12.3. The molecular formula is C50H39BN2S. The van der Waals surface area contributed by atoms with E-state index >= 15 is 0 Å². The molecular weight excluding hydrogens is 671 g/mol. The molecule has 1 aromatic heterocycles. The molecule has 5 unspecified atom stereocenters. The molecule has 0 saturated carbocycles. The Morgan fingerprint density at radius 1 is 0.852 bits per heavy atom. The van der Waals surface area contributed by atoms with Crippen LogP contribution in [0, 0.1) is 31.6 Å². The van der Waals surface area contributed by atoms with Gasteiger partial charge in [-0.2, -0.15) is 0 Å². The number of hydrogen-bond acceptors (Lipinski definition) is 2. The van der Waals surface area contributed by atoms with Gasteiger partial charge in [0.2, 0.25) is 0 Å². The molecule has 0 radical (unpaired) electrons. The van der Waals surface area contributed by atoms with Crippen molar-refractivity contribution in [1.82, 2.24) is 9.88 Å². The van der Waals surface area contributed by atoms with Crippen molar-refractivity contribution in [2.75, 3.05) is 0 Å². The monoisotopic (exact) mass is 710 g/mol. The Hall–Kier alpha value is -5.47. The van der Waals surface area contributed by atoms with Crippen LogP contribution in [0.25, 0.3) is 38.9 Å². The van der Waals surface area contributed by atoms with Crippen molar-refractivity contribution >= 4 is 52.0 Å². The number of benzene rings is 4. The number of aromatic nitrogens is 1. The minimum absolute atomic E-state index is 0.0278. The number of aryl methyl sites for hydroxylation is 2. The van der Waals surface area contributed by atoms with Gasteiger partial charge in [0.15, 0.2) is 7.28 Å². The molecule has 11 rings (SSSR count). The summed E-state index contributed by atoms with van der Waals surface area (Å²) in [6.07, 6.45) is 26.2. The summed E-state index contributed by atoms with van der Waals surface area (Å²) in [6, 6.07) is 29.7. The van der Waals surface area contributed by atoms with E-state index in [1.165, 1.54) is 88.2 Å². The zero-order valence-corrected chi connectivity index (χ0v) is 31.3. The molecule has 0 saturated heterocycles. The highest BCUT2D eigenvalue weighted by Gasteiger charge is 2.40. The number of rotatable bonds is 5. The number of thioether (sulfide) groups is 1. The second kappa shape index (κ2) is 12.6. The van der Waals surface area contributed by atoms with Gasteiger partial charge in [-0.3, -0.25) is 0 Å². The maximum absolute atomic E-state index is 4.18.